The zero-order valence-corrected chi connectivity index (χ0v) is 19.1. The second-order valence-corrected chi connectivity index (χ2v) is 8.47. The molecule has 1 aliphatic rings. The molecule has 2 heterocycles. The maximum atomic E-state index is 12.9. The molecule has 1 aromatic heterocycles. The summed E-state index contributed by atoms with van der Waals surface area (Å²) in [4.78, 5) is 29.6. The normalized spacial score (nSPS) is 15.7. The quantitative estimate of drug-likeness (QED) is 0.372. The summed E-state index contributed by atoms with van der Waals surface area (Å²) in [7, 11) is 0. The molecule has 2 aromatic carbocycles. The first-order valence-electron chi connectivity index (χ1n) is 10.0. The molecule has 1 atom stereocenters. The Bertz CT molecular complexity index is 1180. The van der Waals surface area contributed by atoms with Crippen molar-refractivity contribution in [2.24, 2.45) is 0 Å². The first kappa shape index (κ1) is 22.8. The summed E-state index contributed by atoms with van der Waals surface area (Å²) in [5.41, 5.74) is 1.79. The molecular weight excluding hydrogens is 475 g/mol. The highest BCUT2D eigenvalue weighted by atomic mass is 35.5. The zero-order valence-electron chi connectivity index (χ0n) is 16.9. The molecule has 9 heteroatoms. The Morgan fingerprint density at radius 3 is 2.72 bits per heavy atom. The average Bonchev–Trinajstić information content (AvgIpc) is 3.33. The number of nitrogens with zero attached hydrogens (tertiary/aromatic N) is 1. The number of fused-ring (bicyclic) bond motifs is 1. The number of esters is 1. The summed E-state index contributed by atoms with van der Waals surface area (Å²) in [6.45, 7) is 0.704. The SMILES string of the molecule is O=C(COC(=O)c1cc(-c2ccc(Cl)c(Cl)c2Cl)nc2ccccc12)NCC1CCCO1. The van der Waals surface area contributed by atoms with Crippen LogP contribution in [-0.2, 0) is 14.3 Å². The minimum Gasteiger partial charge on any atom is -0.452 e. The van der Waals surface area contributed by atoms with Crippen LogP contribution in [0.25, 0.3) is 22.2 Å². The van der Waals surface area contributed by atoms with Gasteiger partial charge in [0.25, 0.3) is 5.91 Å². The number of rotatable bonds is 6. The number of pyridine rings is 1. The van der Waals surface area contributed by atoms with Gasteiger partial charge in [-0.15, -0.1) is 0 Å². The van der Waals surface area contributed by atoms with E-state index in [1.54, 1.807) is 36.4 Å². The smallest absolute Gasteiger partial charge is 0.339 e. The maximum Gasteiger partial charge on any atom is 0.339 e. The summed E-state index contributed by atoms with van der Waals surface area (Å²) in [6.07, 6.45) is 1.90. The molecule has 166 valence electrons. The number of carbonyl (C=O) groups is 2. The molecule has 1 unspecified atom stereocenters. The summed E-state index contributed by atoms with van der Waals surface area (Å²) in [5, 5.41) is 4.07. The molecule has 0 aliphatic carbocycles. The van der Waals surface area contributed by atoms with Crippen LogP contribution in [0.2, 0.25) is 15.1 Å². The van der Waals surface area contributed by atoms with E-state index in [-0.39, 0.29) is 27.6 Å². The lowest BCUT2D eigenvalue weighted by molar-refractivity contribution is -0.124. The molecular formula is C23H19Cl3N2O4. The molecule has 1 saturated heterocycles. The highest BCUT2D eigenvalue weighted by molar-refractivity contribution is 6.49. The molecule has 1 fully saturated rings. The monoisotopic (exact) mass is 492 g/mol. The van der Waals surface area contributed by atoms with Gasteiger partial charge in [0.1, 0.15) is 0 Å². The Morgan fingerprint density at radius 2 is 1.94 bits per heavy atom. The van der Waals surface area contributed by atoms with Crippen LogP contribution in [0.15, 0.2) is 42.5 Å². The van der Waals surface area contributed by atoms with Crippen LogP contribution in [0, 0.1) is 0 Å². The van der Waals surface area contributed by atoms with E-state index >= 15 is 0 Å². The number of para-hydroxylation sites is 1. The largest absolute Gasteiger partial charge is 0.452 e. The van der Waals surface area contributed by atoms with Crippen molar-refractivity contribution in [1.82, 2.24) is 10.3 Å². The third-order valence-electron chi connectivity index (χ3n) is 5.13. The topological polar surface area (TPSA) is 77.5 Å². The highest BCUT2D eigenvalue weighted by Crippen LogP contribution is 2.38. The maximum absolute atomic E-state index is 12.9. The van der Waals surface area contributed by atoms with Crippen LogP contribution in [0.1, 0.15) is 23.2 Å². The summed E-state index contributed by atoms with van der Waals surface area (Å²) in [6, 6.07) is 12.0. The van der Waals surface area contributed by atoms with E-state index in [0.717, 1.165) is 12.8 Å². The van der Waals surface area contributed by atoms with E-state index in [2.05, 4.69) is 10.3 Å². The lowest BCUT2D eigenvalue weighted by Gasteiger charge is -2.13. The van der Waals surface area contributed by atoms with Crippen molar-refractivity contribution in [2.75, 3.05) is 19.8 Å². The van der Waals surface area contributed by atoms with Gasteiger partial charge in [-0.25, -0.2) is 9.78 Å². The van der Waals surface area contributed by atoms with E-state index in [1.165, 1.54) is 0 Å². The van der Waals surface area contributed by atoms with Gasteiger partial charge in [0.2, 0.25) is 0 Å². The molecule has 4 rings (SSSR count). The number of carbonyl (C=O) groups excluding carboxylic acids is 2. The summed E-state index contributed by atoms with van der Waals surface area (Å²) < 4.78 is 10.7. The van der Waals surface area contributed by atoms with E-state index in [9.17, 15) is 9.59 Å². The molecule has 3 aromatic rings. The van der Waals surface area contributed by atoms with Gasteiger partial charge >= 0.3 is 5.97 Å². The van der Waals surface area contributed by atoms with Gasteiger partial charge in [-0.1, -0.05) is 53.0 Å². The third-order valence-corrected chi connectivity index (χ3v) is 6.43. The van der Waals surface area contributed by atoms with Gasteiger partial charge < -0.3 is 14.8 Å². The molecule has 1 amide bonds. The van der Waals surface area contributed by atoms with E-state index in [1.807, 2.05) is 6.07 Å². The predicted molar refractivity (Wildman–Crippen MR) is 124 cm³/mol. The van der Waals surface area contributed by atoms with Gasteiger partial charge in [-0.3, -0.25) is 4.79 Å². The number of nitrogens with one attached hydrogen (secondary N) is 1. The number of ether oxygens (including phenoxy) is 2. The number of aromatic nitrogens is 1. The molecule has 0 bridgehead atoms. The van der Waals surface area contributed by atoms with Crippen molar-refractivity contribution >= 4 is 57.6 Å². The number of hydrogen-bond acceptors (Lipinski definition) is 5. The molecule has 0 radical (unpaired) electrons. The van der Waals surface area contributed by atoms with E-state index in [0.29, 0.717) is 40.3 Å². The van der Waals surface area contributed by atoms with Crippen molar-refractivity contribution < 1.29 is 19.1 Å². The Kier molecular flexibility index (Phi) is 7.16. The molecule has 1 N–H and O–H groups in total. The van der Waals surface area contributed by atoms with Crippen molar-refractivity contribution in [3.05, 3.63) is 63.1 Å². The molecule has 6 nitrogen and oxygen atoms in total. The zero-order chi connectivity index (χ0) is 22.7. The number of amides is 1. The Balaban J connectivity index is 1.56. The first-order valence-corrected chi connectivity index (χ1v) is 11.2. The number of hydrogen-bond donors (Lipinski definition) is 1. The van der Waals surface area contributed by atoms with Gasteiger partial charge in [0.15, 0.2) is 6.61 Å². The van der Waals surface area contributed by atoms with Crippen LogP contribution >= 0.6 is 34.8 Å². The number of halogens is 3. The number of benzene rings is 2. The summed E-state index contributed by atoms with van der Waals surface area (Å²) >= 11 is 18.6. The minimum atomic E-state index is -0.645. The average molecular weight is 494 g/mol. The second-order valence-electron chi connectivity index (χ2n) is 7.31. The molecule has 32 heavy (non-hydrogen) atoms. The van der Waals surface area contributed by atoms with E-state index in [4.69, 9.17) is 44.3 Å². The van der Waals surface area contributed by atoms with Gasteiger partial charge in [0, 0.05) is 24.1 Å². The van der Waals surface area contributed by atoms with Crippen molar-refractivity contribution in [2.45, 2.75) is 18.9 Å². The lowest BCUT2D eigenvalue weighted by atomic mass is 10.0. The highest BCUT2D eigenvalue weighted by Gasteiger charge is 2.20. The lowest BCUT2D eigenvalue weighted by Crippen LogP contribution is -2.34. The fourth-order valence-electron chi connectivity index (χ4n) is 3.50. The van der Waals surface area contributed by atoms with E-state index < -0.39 is 12.6 Å². The van der Waals surface area contributed by atoms with Gasteiger partial charge in [-0.2, -0.15) is 0 Å². The molecule has 0 saturated carbocycles. The van der Waals surface area contributed by atoms with Crippen LogP contribution < -0.4 is 5.32 Å². The van der Waals surface area contributed by atoms with Crippen molar-refractivity contribution in [1.29, 1.82) is 0 Å². The Morgan fingerprint density at radius 1 is 1.12 bits per heavy atom. The van der Waals surface area contributed by atoms with Gasteiger partial charge in [-0.05, 0) is 37.1 Å². The summed E-state index contributed by atoms with van der Waals surface area (Å²) in [5.74, 6) is -1.03. The minimum absolute atomic E-state index is 0.0114. The molecule has 0 spiro atoms. The Hall–Kier alpha value is -2.38. The van der Waals surface area contributed by atoms with Gasteiger partial charge in [0.05, 0.1) is 37.9 Å². The van der Waals surface area contributed by atoms with Crippen molar-refractivity contribution in [3.8, 4) is 11.3 Å². The third kappa shape index (κ3) is 4.99. The fourth-order valence-corrected chi connectivity index (χ4v) is 4.13. The van der Waals surface area contributed by atoms with Crippen LogP contribution in [0.4, 0.5) is 0 Å². The predicted octanol–water partition coefficient (Wildman–Crippen LogP) is 5.31. The second kappa shape index (κ2) is 10.0. The fraction of sp³-hybridized carbons (Fsp3) is 0.261. The standard InChI is InChI=1S/C23H19Cl3N2O4/c24-17-8-7-15(21(25)22(17)26)19-10-16(14-5-1-2-6-18(14)28-19)23(30)32-12-20(29)27-11-13-4-3-9-31-13/h1-2,5-8,10,13H,3-4,9,11-12H2,(H,27,29). The molecule has 1 aliphatic heterocycles. The van der Waals surface area contributed by atoms with Crippen LogP contribution in [0.3, 0.4) is 0 Å². The first-order chi connectivity index (χ1) is 15.4. The van der Waals surface area contributed by atoms with Crippen molar-refractivity contribution in [3.63, 3.8) is 0 Å². The van der Waals surface area contributed by atoms with Crippen LogP contribution in [-0.4, -0.2) is 42.7 Å². The van der Waals surface area contributed by atoms with Crippen LogP contribution in [0.5, 0.6) is 0 Å². The Labute approximate surface area is 199 Å².